The minimum absolute atomic E-state index is 0.0145. The molecule has 61 heavy (non-hydrogen) atoms. The largest absolute Gasteiger partial charge is 0.393 e. The first kappa shape index (κ1) is 39.9. The van der Waals surface area contributed by atoms with Crippen molar-refractivity contribution in [3.63, 3.8) is 0 Å². The molecule has 2 amide bonds. The highest BCUT2D eigenvalue weighted by atomic mass is 19.2. The Morgan fingerprint density at radius 1 is 0.770 bits per heavy atom. The van der Waals surface area contributed by atoms with Crippen LogP contribution in [0.1, 0.15) is 99.4 Å². The number of amides is 2. The van der Waals surface area contributed by atoms with Gasteiger partial charge in [-0.05, 0) is 98.2 Å². The molecule has 0 radical (unpaired) electrons. The minimum Gasteiger partial charge on any atom is -0.393 e. The highest BCUT2D eigenvalue weighted by Gasteiger charge is 2.40. The van der Waals surface area contributed by atoms with E-state index in [1.165, 1.54) is 23.6 Å². The molecule has 4 aliphatic heterocycles. The summed E-state index contributed by atoms with van der Waals surface area (Å²) in [7, 11) is 0. The van der Waals surface area contributed by atoms with Crippen LogP contribution in [-0.2, 0) is 16.0 Å². The Morgan fingerprint density at radius 3 is 2.25 bits per heavy atom. The van der Waals surface area contributed by atoms with Gasteiger partial charge in [0.25, 0.3) is 0 Å². The van der Waals surface area contributed by atoms with Crippen LogP contribution < -0.4 is 4.57 Å². The van der Waals surface area contributed by atoms with Crippen molar-refractivity contribution < 1.29 is 33.2 Å². The fourth-order valence-corrected chi connectivity index (χ4v) is 11.2. The summed E-state index contributed by atoms with van der Waals surface area (Å²) in [5.41, 5.74) is 8.22. The van der Waals surface area contributed by atoms with Gasteiger partial charge in [0, 0.05) is 55.2 Å². The Labute approximate surface area is 355 Å². The number of aromatic nitrogens is 4. The molecule has 5 aliphatic rings. The normalized spacial score (nSPS) is 21.5. The predicted molar refractivity (Wildman–Crippen MR) is 225 cm³/mol. The molecule has 2 N–H and O–H groups in total. The lowest BCUT2D eigenvalue weighted by Gasteiger charge is -2.37. The summed E-state index contributed by atoms with van der Waals surface area (Å²) in [5, 5.41) is 23.5. The molecule has 4 atom stereocenters. The van der Waals surface area contributed by atoms with Crippen molar-refractivity contribution >= 4 is 11.8 Å². The molecule has 2 saturated heterocycles. The number of hydrogen-bond acceptors (Lipinski definition) is 5. The average Bonchev–Trinajstić information content (AvgIpc) is 4.07. The third-order valence-corrected chi connectivity index (χ3v) is 14.7. The van der Waals surface area contributed by atoms with Gasteiger partial charge < -0.3 is 24.6 Å². The third kappa shape index (κ3) is 7.60. The quantitative estimate of drug-likeness (QED) is 0.145. The Bertz CT molecular complexity index is 2420. The zero-order valence-corrected chi connectivity index (χ0v) is 34.6. The van der Waals surface area contributed by atoms with Crippen LogP contribution in [0.4, 0.5) is 8.78 Å². The van der Waals surface area contributed by atoms with Gasteiger partial charge in [-0.3, -0.25) is 9.59 Å². The Balaban J connectivity index is 0.820. The van der Waals surface area contributed by atoms with Crippen LogP contribution in [0.5, 0.6) is 0 Å². The molecule has 6 heterocycles. The molecule has 1 saturated carbocycles. The number of hydrogen-bond donors (Lipinski definition) is 2. The maximum absolute atomic E-state index is 13.8. The average molecular weight is 830 g/mol. The molecule has 4 unspecified atom stereocenters. The van der Waals surface area contributed by atoms with E-state index in [1.54, 1.807) is 4.90 Å². The molecule has 5 aromatic rings. The van der Waals surface area contributed by atoms with E-state index in [0.717, 1.165) is 91.9 Å². The van der Waals surface area contributed by atoms with Crippen LogP contribution in [-0.4, -0.2) is 84.3 Å². The van der Waals surface area contributed by atoms with E-state index in [-0.39, 0.29) is 42.2 Å². The van der Waals surface area contributed by atoms with Gasteiger partial charge >= 0.3 is 0 Å². The summed E-state index contributed by atoms with van der Waals surface area (Å²) in [4.78, 5) is 34.6. The zero-order valence-electron chi connectivity index (χ0n) is 34.6. The Hall–Kier alpha value is -5.20. The number of likely N-dealkylation sites (tertiary alicyclic amines) is 2. The fraction of sp³-hybridized carbons (Fsp3) is 0.469. The number of aliphatic hydroxyl groups is 2. The first-order chi connectivity index (χ1) is 29.7. The molecule has 3 aromatic carbocycles. The van der Waals surface area contributed by atoms with Crippen molar-refractivity contribution in [3.8, 4) is 28.2 Å². The van der Waals surface area contributed by atoms with Crippen LogP contribution >= 0.6 is 0 Å². The molecule has 2 aromatic heterocycles. The Kier molecular flexibility index (Phi) is 10.8. The standard InChI is InChI=1S/C49H55F2N6O4/c50-40-13-10-31(22-41(40)51)23-48(60)53-18-14-32(15-19-53)46(58)25-42-36-8-4-5-9-37(36)45-28-55(30-57(42)45)35-11-12-38-39(24-35)43(56-29-52-27-44(38)56)26-47(59)33-16-20-54(21-17-33)49(61)34-6-2-1-3-7-34/h4-5,8-13,22,24,27-30,32-34,42-43,46-47,58-59H,1-3,6-7,14-21,23,25-26H2/q+1. The Morgan fingerprint density at radius 2 is 1.49 bits per heavy atom. The number of imidazole rings is 2. The second-order valence-corrected chi connectivity index (χ2v) is 18.3. The molecule has 10 nitrogen and oxygen atoms in total. The lowest BCUT2D eigenvalue weighted by molar-refractivity contribution is -0.699. The van der Waals surface area contributed by atoms with Gasteiger partial charge in [-0.25, -0.2) is 22.9 Å². The van der Waals surface area contributed by atoms with E-state index in [4.69, 9.17) is 0 Å². The van der Waals surface area contributed by atoms with E-state index in [2.05, 4.69) is 78.6 Å². The van der Waals surface area contributed by atoms with Crippen LogP contribution in [0.3, 0.4) is 0 Å². The predicted octanol–water partition coefficient (Wildman–Crippen LogP) is 7.18. The number of nitrogens with zero attached hydrogens (tertiary/aromatic N) is 6. The maximum Gasteiger partial charge on any atom is 0.250 e. The van der Waals surface area contributed by atoms with Crippen LogP contribution in [0.15, 0.2) is 85.7 Å². The summed E-state index contributed by atoms with van der Waals surface area (Å²) in [6.45, 7) is 2.47. The third-order valence-electron chi connectivity index (χ3n) is 14.7. The number of rotatable bonds is 10. The van der Waals surface area contributed by atoms with E-state index in [9.17, 15) is 28.6 Å². The zero-order chi connectivity index (χ0) is 41.8. The molecule has 3 fully saturated rings. The van der Waals surface area contributed by atoms with Crippen LogP contribution in [0.2, 0.25) is 0 Å². The summed E-state index contributed by atoms with van der Waals surface area (Å²) < 4.78 is 33.8. The molecular weight excluding hydrogens is 775 g/mol. The smallest absolute Gasteiger partial charge is 0.250 e. The number of fused-ring (bicyclic) bond motifs is 6. The van der Waals surface area contributed by atoms with Gasteiger partial charge in [0.15, 0.2) is 17.3 Å². The van der Waals surface area contributed by atoms with Crippen molar-refractivity contribution in [3.05, 3.63) is 114 Å². The van der Waals surface area contributed by atoms with Crippen LogP contribution in [0.25, 0.3) is 28.2 Å². The summed E-state index contributed by atoms with van der Waals surface area (Å²) in [6.07, 6.45) is 16.7. The minimum atomic E-state index is -0.954. The van der Waals surface area contributed by atoms with Crippen molar-refractivity contribution in [2.45, 2.75) is 101 Å². The number of benzene rings is 3. The van der Waals surface area contributed by atoms with Gasteiger partial charge in [-0.15, -0.1) is 0 Å². The second kappa shape index (κ2) is 16.6. The van der Waals surface area contributed by atoms with E-state index in [0.29, 0.717) is 50.2 Å². The van der Waals surface area contributed by atoms with Gasteiger partial charge in [-0.1, -0.05) is 49.6 Å². The van der Waals surface area contributed by atoms with Gasteiger partial charge in [0.1, 0.15) is 17.9 Å². The highest BCUT2D eigenvalue weighted by molar-refractivity contribution is 5.79. The molecule has 0 bridgehead atoms. The first-order valence-electron chi connectivity index (χ1n) is 22.5. The number of piperidine rings is 2. The lowest BCUT2D eigenvalue weighted by Crippen LogP contribution is -2.44. The molecule has 0 spiro atoms. The molecule has 12 heteroatoms. The number of carbonyl (C=O) groups excluding carboxylic acids is 2. The summed E-state index contributed by atoms with van der Waals surface area (Å²) >= 11 is 0. The number of aliphatic hydroxyl groups excluding tert-OH is 2. The monoisotopic (exact) mass is 829 g/mol. The fourth-order valence-electron chi connectivity index (χ4n) is 11.2. The van der Waals surface area contributed by atoms with Crippen molar-refractivity contribution in [2.75, 3.05) is 26.2 Å². The summed E-state index contributed by atoms with van der Waals surface area (Å²) in [5.74, 6) is -1.34. The van der Waals surface area contributed by atoms with Crippen molar-refractivity contribution in [1.29, 1.82) is 0 Å². The van der Waals surface area contributed by atoms with Gasteiger partial charge in [0.05, 0.1) is 42.9 Å². The number of carbonyl (C=O) groups is 2. The SMILES string of the molecule is O=C(Cc1ccc(F)c(F)c1)N1CCC(C(O)CC2c3ccccc3-c3cn(-c4ccc5c(c4)C(CC(O)C4CCN(C(=O)C6CCCCC6)CC4)n4cncc4-5)c[n+]32)CC1. The first-order valence-corrected chi connectivity index (χ1v) is 22.5. The molecule has 318 valence electrons. The molecule has 1 aliphatic carbocycles. The van der Waals surface area contributed by atoms with Crippen LogP contribution in [0, 0.1) is 29.4 Å². The summed E-state index contributed by atoms with van der Waals surface area (Å²) in [6, 6.07) is 18.4. The van der Waals surface area contributed by atoms with Gasteiger partial charge in [0.2, 0.25) is 18.1 Å². The van der Waals surface area contributed by atoms with E-state index >= 15 is 0 Å². The van der Waals surface area contributed by atoms with E-state index < -0.39 is 23.8 Å². The second-order valence-electron chi connectivity index (χ2n) is 18.3. The molecule has 10 rings (SSSR count). The van der Waals surface area contributed by atoms with Crippen molar-refractivity contribution in [2.24, 2.45) is 17.8 Å². The topological polar surface area (TPSA) is 108 Å². The van der Waals surface area contributed by atoms with Gasteiger partial charge in [-0.2, -0.15) is 0 Å². The lowest BCUT2D eigenvalue weighted by atomic mass is 9.84. The number of halogens is 2. The highest BCUT2D eigenvalue weighted by Crippen LogP contribution is 2.44. The maximum atomic E-state index is 13.8. The molecular formula is C49H55F2N6O4+. The van der Waals surface area contributed by atoms with E-state index in [1.807, 2.05) is 12.5 Å². The van der Waals surface area contributed by atoms with Crippen molar-refractivity contribution in [1.82, 2.24) is 23.9 Å².